The van der Waals surface area contributed by atoms with Crippen molar-refractivity contribution in [2.24, 2.45) is 0 Å². The van der Waals surface area contributed by atoms with E-state index in [1.165, 1.54) is 12.1 Å². The molecule has 7 nitrogen and oxygen atoms in total. The van der Waals surface area contributed by atoms with Crippen LogP contribution in [0.1, 0.15) is 22.3 Å². The number of aliphatic hydroxyl groups is 1. The van der Waals surface area contributed by atoms with Gasteiger partial charge in [0.1, 0.15) is 36.1 Å². The second-order valence-corrected chi connectivity index (χ2v) is 8.04. The van der Waals surface area contributed by atoms with Gasteiger partial charge in [-0.1, -0.05) is 18.2 Å². The Labute approximate surface area is 196 Å². The van der Waals surface area contributed by atoms with E-state index in [0.717, 1.165) is 36.0 Å². The van der Waals surface area contributed by atoms with Gasteiger partial charge in [0.2, 0.25) is 0 Å². The predicted octanol–water partition coefficient (Wildman–Crippen LogP) is 4.04. The SMILES string of the molecule is O=C(O)c1ccc(Oc2ccc3c(c2)CC[C@H](CNC[C@H](O)COc2ccccc2)O3)c(F)c1. The summed E-state index contributed by atoms with van der Waals surface area (Å²) in [7, 11) is 0. The van der Waals surface area contributed by atoms with Crippen molar-refractivity contribution in [3.63, 3.8) is 0 Å². The first kappa shape index (κ1) is 23.5. The van der Waals surface area contributed by atoms with Gasteiger partial charge < -0.3 is 29.7 Å². The summed E-state index contributed by atoms with van der Waals surface area (Å²) in [6.07, 6.45) is 0.865. The quantitative estimate of drug-likeness (QED) is 0.414. The minimum Gasteiger partial charge on any atom is -0.491 e. The first-order valence-electron chi connectivity index (χ1n) is 11.0. The van der Waals surface area contributed by atoms with Crippen molar-refractivity contribution in [1.29, 1.82) is 0 Å². The molecule has 0 amide bonds. The molecule has 0 bridgehead atoms. The van der Waals surface area contributed by atoms with E-state index in [0.29, 0.717) is 18.8 Å². The van der Waals surface area contributed by atoms with E-state index in [4.69, 9.17) is 19.3 Å². The maximum Gasteiger partial charge on any atom is 0.335 e. The number of hydrogen-bond donors (Lipinski definition) is 3. The van der Waals surface area contributed by atoms with Gasteiger partial charge in [-0.05, 0) is 66.9 Å². The number of para-hydroxylation sites is 1. The lowest BCUT2D eigenvalue weighted by molar-refractivity contribution is 0.0696. The number of carboxylic acid groups (broad SMARTS) is 1. The number of carbonyl (C=O) groups is 1. The molecule has 178 valence electrons. The van der Waals surface area contributed by atoms with Crippen molar-refractivity contribution in [3.05, 3.63) is 83.7 Å². The van der Waals surface area contributed by atoms with E-state index in [1.807, 2.05) is 30.3 Å². The zero-order chi connectivity index (χ0) is 23.9. The minimum absolute atomic E-state index is 0.0393. The van der Waals surface area contributed by atoms with Gasteiger partial charge in [0.25, 0.3) is 0 Å². The van der Waals surface area contributed by atoms with Crippen molar-refractivity contribution in [1.82, 2.24) is 5.32 Å². The molecule has 0 aromatic heterocycles. The second kappa shape index (κ2) is 11.0. The molecular formula is C26H26FNO6. The molecule has 0 aliphatic carbocycles. The summed E-state index contributed by atoms with van der Waals surface area (Å²) < 4.78 is 31.4. The van der Waals surface area contributed by atoms with Crippen LogP contribution in [0.3, 0.4) is 0 Å². The summed E-state index contributed by atoms with van der Waals surface area (Å²) in [4.78, 5) is 10.9. The average molecular weight is 467 g/mol. The Morgan fingerprint density at radius 3 is 2.71 bits per heavy atom. The molecule has 0 unspecified atom stereocenters. The molecule has 2 atom stereocenters. The summed E-state index contributed by atoms with van der Waals surface area (Å²) in [6, 6.07) is 18.1. The highest BCUT2D eigenvalue weighted by Crippen LogP contribution is 2.33. The largest absolute Gasteiger partial charge is 0.491 e. The van der Waals surface area contributed by atoms with E-state index in [-0.39, 0.29) is 24.0 Å². The molecule has 34 heavy (non-hydrogen) atoms. The predicted molar refractivity (Wildman–Crippen MR) is 123 cm³/mol. The van der Waals surface area contributed by atoms with Gasteiger partial charge in [-0.25, -0.2) is 9.18 Å². The fraction of sp³-hybridized carbons (Fsp3) is 0.269. The number of nitrogens with one attached hydrogen (secondary N) is 1. The monoisotopic (exact) mass is 467 g/mol. The lowest BCUT2D eigenvalue weighted by atomic mass is 10.0. The molecule has 3 aromatic carbocycles. The molecule has 0 fully saturated rings. The third-order valence-corrected chi connectivity index (χ3v) is 5.41. The van der Waals surface area contributed by atoms with Crippen LogP contribution >= 0.6 is 0 Å². The van der Waals surface area contributed by atoms with Crippen LogP contribution in [-0.2, 0) is 6.42 Å². The third kappa shape index (κ3) is 6.24. The Hall–Kier alpha value is -3.62. The fourth-order valence-electron chi connectivity index (χ4n) is 3.65. The molecule has 0 spiro atoms. The fourth-order valence-corrected chi connectivity index (χ4v) is 3.65. The third-order valence-electron chi connectivity index (χ3n) is 5.41. The average Bonchev–Trinajstić information content (AvgIpc) is 2.84. The van der Waals surface area contributed by atoms with Crippen molar-refractivity contribution < 1.29 is 33.6 Å². The highest BCUT2D eigenvalue weighted by atomic mass is 19.1. The number of aryl methyl sites for hydroxylation is 1. The van der Waals surface area contributed by atoms with E-state index in [9.17, 15) is 14.3 Å². The molecule has 3 aromatic rings. The highest BCUT2D eigenvalue weighted by molar-refractivity contribution is 5.87. The number of fused-ring (bicyclic) bond motifs is 1. The van der Waals surface area contributed by atoms with Crippen LogP contribution in [0.4, 0.5) is 4.39 Å². The molecule has 1 aliphatic heterocycles. The van der Waals surface area contributed by atoms with Crippen LogP contribution in [0.5, 0.6) is 23.0 Å². The maximum absolute atomic E-state index is 14.2. The lowest BCUT2D eigenvalue weighted by Gasteiger charge is -2.27. The van der Waals surface area contributed by atoms with Crippen LogP contribution < -0.4 is 19.5 Å². The van der Waals surface area contributed by atoms with Crippen LogP contribution in [0.15, 0.2) is 66.7 Å². The number of rotatable bonds is 10. The summed E-state index contributed by atoms with van der Waals surface area (Å²) in [5.74, 6) is -0.0787. The number of carboxylic acids is 1. The van der Waals surface area contributed by atoms with Crippen molar-refractivity contribution in [2.45, 2.75) is 25.0 Å². The van der Waals surface area contributed by atoms with Gasteiger partial charge in [-0.15, -0.1) is 0 Å². The zero-order valence-electron chi connectivity index (χ0n) is 18.4. The van der Waals surface area contributed by atoms with Gasteiger partial charge in [-0.2, -0.15) is 0 Å². The first-order valence-corrected chi connectivity index (χ1v) is 11.0. The van der Waals surface area contributed by atoms with Gasteiger partial charge in [0, 0.05) is 13.1 Å². The molecule has 0 saturated heterocycles. The highest BCUT2D eigenvalue weighted by Gasteiger charge is 2.21. The smallest absolute Gasteiger partial charge is 0.335 e. The first-order chi connectivity index (χ1) is 16.5. The number of aromatic carboxylic acids is 1. The van der Waals surface area contributed by atoms with Gasteiger partial charge in [0.15, 0.2) is 11.6 Å². The van der Waals surface area contributed by atoms with E-state index >= 15 is 0 Å². The van der Waals surface area contributed by atoms with Crippen LogP contribution in [0.25, 0.3) is 0 Å². The summed E-state index contributed by atoms with van der Waals surface area (Å²) >= 11 is 0. The second-order valence-electron chi connectivity index (χ2n) is 8.04. The molecule has 3 N–H and O–H groups in total. The van der Waals surface area contributed by atoms with Crippen LogP contribution in [0, 0.1) is 5.82 Å². The van der Waals surface area contributed by atoms with E-state index in [2.05, 4.69) is 5.32 Å². The molecular weight excluding hydrogens is 441 g/mol. The number of hydrogen-bond acceptors (Lipinski definition) is 6. The summed E-state index contributed by atoms with van der Waals surface area (Å²) in [5, 5.41) is 22.3. The Morgan fingerprint density at radius 1 is 1.12 bits per heavy atom. The van der Waals surface area contributed by atoms with Gasteiger partial charge in [-0.3, -0.25) is 0 Å². The number of ether oxygens (including phenoxy) is 3. The van der Waals surface area contributed by atoms with Crippen molar-refractivity contribution in [3.8, 4) is 23.0 Å². The minimum atomic E-state index is -1.20. The van der Waals surface area contributed by atoms with E-state index in [1.54, 1.807) is 18.2 Å². The summed E-state index contributed by atoms with van der Waals surface area (Å²) in [5.41, 5.74) is 0.812. The van der Waals surface area contributed by atoms with Crippen LogP contribution in [0.2, 0.25) is 0 Å². The molecule has 1 aliphatic rings. The zero-order valence-corrected chi connectivity index (χ0v) is 18.4. The normalized spacial score (nSPS) is 15.6. The molecule has 8 heteroatoms. The maximum atomic E-state index is 14.2. The van der Waals surface area contributed by atoms with E-state index < -0.39 is 17.9 Å². The van der Waals surface area contributed by atoms with Gasteiger partial charge >= 0.3 is 5.97 Å². The van der Waals surface area contributed by atoms with Gasteiger partial charge in [0.05, 0.1) is 5.56 Å². The lowest BCUT2D eigenvalue weighted by Crippen LogP contribution is -2.39. The topological polar surface area (TPSA) is 97.3 Å². The Balaban J connectivity index is 1.24. The Kier molecular flexibility index (Phi) is 7.61. The molecule has 1 heterocycles. The Bertz CT molecular complexity index is 1120. The van der Waals surface area contributed by atoms with Crippen LogP contribution in [-0.4, -0.2) is 48.1 Å². The molecule has 0 radical (unpaired) electrons. The summed E-state index contributed by atoms with van der Waals surface area (Å²) in [6.45, 7) is 1.17. The van der Waals surface area contributed by atoms with Crippen molar-refractivity contribution in [2.75, 3.05) is 19.7 Å². The standard InChI is InChI=1S/C26H26FNO6/c27-23-13-18(26(30)31)7-10-25(23)33-21-9-11-24-17(12-21)6-8-22(34-24)15-28-14-19(29)16-32-20-4-2-1-3-5-20/h1-5,7,9-13,19,22,28-29H,6,8,14-16H2,(H,30,31)/t19-,22+/m0/s1. The van der Waals surface area contributed by atoms with Crippen molar-refractivity contribution >= 4 is 5.97 Å². The number of benzene rings is 3. The number of aliphatic hydroxyl groups excluding tert-OH is 1. The number of halogens is 1. The molecule has 4 rings (SSSR count). The Morgan fingerprint density at radius 2 is 1.94 bits per heavy atom. The molecule has 0 saturated carbocycles.